The van der Waals surface area contributed by atoms with Crippen LogP contribution >= 0.6 is 11.8 Å². The summed E-state index contributed by atoms with van der Waals surface area (Å²) in [6.45, 7) is 8.43. The van der Waals surface area contributed by atoms with Gasteiger partial charge in [-0.1, -0.05) is 55.9 Å². The largest absolute Gasteiger partial charge is 0.353 e. The second kappa shape index (κ2) is 10.2. The van der Waals surface area contributed by atoms with Gasteiger partial charge in [0.25, 0.3) is 0 Å². The fraction of sp³-hybridized carbons (Fsp3) is 0.391. The third-order valence-corrected chi connectivity index (χ3v) is 6.51. The first-order chi connectivity index (χ1) is 14.7. The summed E-state index contributed by atoms with van der Waals surface area (Å²) in [5, 5.41) is 19.6. The summed E-state index contributed by atoms with van der Waals surface area (Å²) in [7, 11) is 0. The molecule has 1 aliphatic heterocycles. The number of hydrogen-bond acceptors (Lipinski definition) is 7. The van der Waals surface area contributed by atoms with Crippen molar-refractivity contribution in [3.05, 3.63) is 52.6 Å². The Bertz CT molecular complexity index is 972. The summed E-state index contributed by atoms with van der Waals surface area (Å²) in [5.74, 6) is 0.615. The normalized spacial score (nSPS) is 15.3. The first kappa shape index (κ1) is 21.8. The molecule has 2 heterocycles. The average molecular weight is 419 g/mol. The van der Waals surface area contributed by atoms with Crippen LogP contribution < -0.4 is 4.90 Å². The second-order valence-corrected chi connectivity index (χ2v) is 8.09. The van der Waals surface area contributed by atoms with Gasteiger partial charge in [-0.2, -0.15) is 10.5 Å². The number of nitriles is 2. The molecule has 1 saturated heterocycles. The number of benzene rings is 1. The molecule has 2 aromatic rings. The molecule has 6 nitrogen and oxygen atoms in total. The molecule has 1 fully saturated rings. The van der Waals surface area contributed by atoms with Gasteiger partial charge < -0.3 is 9.80 Å². The van der Waals surface area contributed by atoms with Gasteiger partial charge in [0.1, 0.15) is 28.2 Å². The Morgan fingerprint density at radius 2 is 1.73 bits per heavy atom. The smallest absolute Gasteiger partial charge is 0.217 e. The van der Waals surface area contributed by atoms with Gasteiger partial charge in [-0.15, -0.1) is 0 Å². The van der Waals surface area contributed by atoms with Gasteiger partial charge in [0.2, 0.25) is 6.29 Å². The van der Waals surface area contributed by atoms with E-state index in [9.17, 15) is 15.3 Å². The van der Waals surface area contributed by atoms with Crippen molar-refractivity contribution in [3.8, 4) is 12.1 Å². The van der Waals surface area contributed by atoms with E-state index >= 15 is 0 Å². The van der Waals surface area contributed by atoms with Crippen molar-refractivity contribution in [3.63, 3.8) is 0 Å². The molecular weight excluding hydrogens is 394 g/mol. The monoisotopic (exact) mass is 418 g/mol. The highest BCUT2D eigenvalue weighted by Crippen LogP contribution is 2.38. The molecule has 30 heavy (non-hydrogen) atoms. The lowest BCUT2D eigenvalue weighted by Crippen LogP contribution is -2.46. The van der Waals surface area contributed by atoms with Gasteiger partial charge in [0.15, 0.2) is 0 Å². The highest BCUT2D eigenvalue weighted by Gasteiger charge is 2.27. The Labute approximate surface area is 182 Å². The molecule has 1 atom stereocenters. The van der Waals surface area contributed by atoms with Crippen molar-refractivity contribution in [2.45, 2.75) is 30.5 Å². The summed E-state index contributed by atoms with van der Waals surface area (Å²) in [5.41, 5.74) is 2.35. The average Bonchev–Trinajstić information content (AvgIpc) is 2.81. The van der Waals surface area contributed by atoms with Crippen molar-refractivity contribution >= 4 is 23.9 Å². The van der Waals surface area contributed by atoms with Crippen LogP contribution in [0.1, 0.15) is 41.4 Å². The minimum absolute atomic E-state index is 0.381. The molecule has 0 bridgehead atoms. The van der Waals surface area contributed by atoms with Crippen LogP contribution in [0.15, 0.2) is 35.4 Å². The predicted octanol–water partition coefficient (Wildman–Crippen LogP) is 3.47. The topological polar surface area (TPSA) is 84.0 Å². The van der Waals surface area contributed by atoms with Crippen LogP contribution in [-0.2, 0) is 11.2 Å². The molecule has 153 valence electrons. The lowest BCUT2D eigenvalue weighted by atomic mass is 10.0. The van der Waals surface area contributed by atoms with E-state index < -0.39 is 5.25 Å². The molecule has 0 saturated carbocycles. The van der Waals surface area contributed by atoms with Crippen molar-refractivity contribution < 1.29 is 4.79 Å². The highest BCUT2D eigenvalue weighted by molar-refractivity contribution is 8.00. The zero-order chi connectivity index (χ0) is 21.5. The Hall–Kier alpha value is -2.87. The Morgan fingerprint density at radius 3 is 2.27 bits per heavy atom. The molecule has 1 unspecified atom stereocenters. The van der Waals surface area contributed by atoms with Gasteiger partial charge in [0, 0.05) is 26.2 Å². The first-order valence-electron chi connectivity index (χ1n) is 10.1. The molecule has 1 radical (unpaired) electrons. The number of thioether (sulfide) groups is 1. The molecule has 7 heteroatoms. The zero-order valence-electron chi connectivity index (χ0n) is 17.3. The summed E-state index contributed by atoms with van der Waals surface area (Å²) >= 11 is 1.22. The van der Waals surface area contributed by atoms with Crippen LogP contribution in [0.5, 0.6) is 0 Å². The van der Waals surface area contributed by atoms with E-state index in [1.165, 1.54) is 11.8 Å². The fourth-order valence-electron chi connectivity index (χ4n) is 3.67. The molecule has 1 aromatic carbocycles. The molecule has 0 N–H and O–H groups in total. The van der Waals surface area contributed by atoms with Crippen LogP contribution in [0.25, 0.3) is 0 Å². The van der Waals surface area contributed by atoms with Gasteiger partial charge in [-0.05, 0) is 24.1 Å². The summed E-state index contributed by atoms with van der Waals surface area (Å²) in [4.78, 5) is 21.0. The van der Waals surface area contributed by atoms with E-state index in [1.807, 2.05) is 37.3 Å². The van der Waals surface area contributed by atoms with Gasteiger partial charge in [0.05, 0.1) is 11.1 Å². The first-order valence-corrected chi connectivity index (χ1v) is 11.0. The quantitative estimate of drug-likeness (QED) is 0.637. The minimum atomic E-state index is -0.590. The Morgan fingerprint density at radius 1 is 1.07 bits per heavy atom. The van der Waals surface area contributed by atoms with Crippen molar-refractivity contribution in [1.82, 2.24) is 9.88 Å². The third-order valence-electron chi connectivity index (χ3n) is 5.38. The maximum atomic E-state index is 11.7. The Kier molecular flexibility index (Phi) is 7.46. The van der Waals surface area contributed by atoms with Crippen LogP contribution in [0.3, 0.4) is 0 Å². The summed E-state index contributed by atoms with van der Waals surface area (Å²) in [6.07, 6.45) is 2.62. The predicted molar refractivity (Wildman–Crippen MR) is 118 cm³/mol. The maximum Gasteiger partial charge on any atom is 0.217 e. The maximum absolute atomic E-state index is 11.7. The minimum Gasteiger partial charge on any atom is -0.353 e. The number of hydrogen-bond donors (Lipinski definition) is 0. The molecule has 1 aromatic heterocycles. The highest BCUT2D eigenvalue weighted by atomic mass is 32.2. The van der Waals surface area contributed by atoms with Gasteiger partial charge in [-0.3, -0.25) is 4.79 Å². The molecule has 0 amide bonds. The second-order valence-electron chi connectivity index (χ2n) is 6.99. The van der Waals surface area contributed by atoms with Crippen molar-refractivity contribution in [1.29, 1.82) is 10.5 Å². The number of likely N-dealkylation sites (N-methyl/N-ethyl adjacent to an activating group) is 1. The number of aromatic nitrogens is 1. The fourth-order valence-corrected chi connectivity index (χ4v) is 4.66. The van der Waals surface area contributed by atoms with E-state index in [-0.39, 0.29) is 0 Å². The van der Waals surface area contributed by atoms with Crippen molar-refractivity contribution in [2.75, 3.05) is 37.6 Å². The van der Waals surface area contributed by atoms with E-state index in [0.29, 0.717) is 34.0 Å². The van der Waals surface area contributed by atoms with E-state index in [1.54, 1.807) is 0 Å². The molecule has 0 aliphatic carbocycles. The van der Waals surface area contributed by atoms with E-state index in [4.69, 9.17) is 4.98 Å². The van der Waals surface area contributed by atoms with Crippen LogP contribution in [0.2, 0.25) is 0 Å². The van der Waals surface area contributed by atoms with Crippen LogP contribution in [0.4, 0.5) is 5.82 Å². The Balaban J connectivity index is 2.05. The van der Waals surface area contributed by atoms with Gasteiger partial charge in [-0.25, -0.2) is 4.98 Å². The van der Waals surface area contributed by atoms with Crippen LogP contribution in [-0.4, -0.2) is 48.9 Å². The van der Waals surface area contributed by atoms with Crippen LogP contribution in [0, 0.1) is 22.7 Å². The lowest BCUT2D eigenvalue weighted by Gasteiger charge is -2.35. The van der Waals surface area contributed by atoms with Gasteiger partial charge >= 0.3 is 0 Å². The number of pyridine rings is 1. The number of piperazine rings is 1. The number of anilines is 1. The molecule has 3 rings (SSSR count). The zero-order valence-corrected chi connectivity index (χ0v) is 18.1. The lowest BCUT2D eigenvalue weighted by molar-refractivity contribution is 0.270. The van der Waals surface area contributed by atoms with E-state index in [0.717, 1.165) is 38.3 Å². The number of carbonyl (C=O) groups excluding carboxylic acids is 1. The third kappa shape index (κ3) is 4.48. The number of rotatable bonds is 7. The molecule has 0 spiro atoms. The summed E-state index contributed by atoms with van der Waals surface area (Å²) in [6, 6.07) is 13.9. The SMILES string of the molecule is CCc1c(C#N)c(SC([C]=O)c2ccccc2)nc(N2CCN(CC)CC2)c1C#N. The summed E-state index contributed by atoms with van der Waals surface area (Å²) < 4.78 is 0. The standard InChI is InChI=1S/C23H24N5OS/c1-3-18-19(14-24)22(28-12-10-27(4-2)11-13-28)26-23(20(18)15-25)30-21(16-29)17-8-6-5-7-9-17/h5-9,21H,3-4,10-13H2,1-2H3. The molecule has 1 aliphatic rings. The van der Waals surface area contributed by atoms with Crippen molar-refractivity contribution in [2.24, 2.45) is 0 Å². The number of nitrogens with zero attached hydrogens (tertiary/aromatic N) is 5. The molecular formula is C23H24N5OS. The van der Waals surface area contributed by atoms with E-state index in [2.05, 4.69) is 35.1 Å².